The van der Waals surface area contributed by atoms with Crippen molar-refractivity contribution in [1.29, 1.82) is 0 Å². The van der Waals surface area contributed by atoms with Crippen LogP contribution in [0.25, 0.3) is 44.6 Å². The van der Waals surface area contributed by atoms with Crippen molar-refractivity contribution in [2.45, 2.75) is 88.9 Å². The standard InChI is InChI=1S/C31H27ClF3N5O2S.C24H22F3N5/c1-18-5-7-23(8-6-18)43(41,42)40-17-25(24-14-21(33)15-26(34)29(24)40)30-37-16-27(35)28(39-30)13-20-4-2-3-19(11-20)12-22-9-10-36-31(32)38-22;25-16-9-18-19(11-29-23(18)20(26)10-16)24-30-12-21(27)22(32-24)8-15-3-1-2-14(6-15)7-17-4-5-28-13-31-17/h5-10,14-17,19-20H,2-4,11-13H2,1H3;4-5,9-15,29H,1-3,6-8H2/t19-,20+;14-,15+/m00/s1. The first-order valence-corrected chi connectivity index (χ1v) is 26.5. The number of hydrogen-bond acceptors (Lipinski definition) is 10. The van der Waals surface area contributed by atoms with Gasteiger partial charge in [0.05, 0.1) is 34.2 Å². The molecule has 12 nitrogen and oxygen atoms in total. The Hall–Kier alpha value is -7.12. The monoisotopic (exact) mass is 1060 g/mol. The van der Waals surface area contributed by atoms with Gasteiger partial charge in [0.1, 0.15) is 29.3 Å². The minimum absolute atomic E-state index is 0.0211. The van der Waals surface area contributed by atoms with Crippen LogP contribution in [-0.4, -0.2) is 57.2 Å². The molecule has 9 aromatic rings. The fourth-order valence-electron chi connectivity index (χ4n) is 10.7. The molecule has 0 aliphatic heterocycles. The quantitative estimate of drug-likeness (QED) is 0.0922. The lowest BCUT2D eigenvalue weighted by atomic mass is 9.77. The molecule has 0 amide bonds. The van der Waals surface area contributed by atoms with Crippen molar-refractivity contribution < 1.29 is 34.8 Å². The highest BCUT2D eigenvalue weighted by molar-refractivity contribution is 7.90. The SMILES string of the molecule is Cc1ccc(S(=O)(=O)n2cc(-c3ncc(F)c(C[C@@H]4CCC[C@H](Cc5ccnc(Cl)n5)C4)n3)c3cc(F)cc(F)c32)cc1.Fc1cc(F)c2[nH]cc(-c3ncc(F)c(C[C@@H]4CCC[C@H](Cc5ccncn5)C4)n3)c2c1. The van der Waals surface area contributed by atoms with Gasteiger partial charge in [-0.15, -0.1) is 0 Å². The Kier molecular flexibility index (Phi) is 15.1. The number of fused-ring (bicyclic) bond motifs is 2. The van der Waals surface area contributed by atoms with E-state index in [0.717, 1.165) is 110 Å². The van der Waals surface area contributed by atoms with Gasteiger partial charge >= 0.3 is 0 Å². The summed E-state index contributed by atoms with van der Waals surface area (Å²) in [4.78, 5) is 36.4. The van der Waals surface area contributed by atoms with E-state index in [4.69, 9.17) is 11.6 Å². The summed E-state index contributed by atoms with van der Waals surface area (Å²) in [5, 5.41) is 0.503. The van der Waals surface area contributed by atoms with Crippen LogP contribution in [0.1, 0.15) is 79.7 Å². The Morgan fingerprint density at radius 1 is 0.627 bits per heavy atom. The molecule has 6 heterocycles. The molecule has 386 valence electrons. The average molecular weight is 1060 g/mol. The van der Waals surface area contributed by atoms with Crippen LogP contribution in [0.2, 0.25) is 5.28 Å². The number of H-pyrrole nitrogens is 1. The predicted molar refractivity (Wildman–Crippen MR) is 271 cm³/mol. The topological polar surface area (TPSA) is 158 Å². The second-order valence-electron chi connectivity index (χ2n) is 19.6. The summed E-state index contributed by atoms with van der Waals surface area (Å²) < 4.78 is 115. The van der Waals surface area contributed by atoms with E-state index in [-0.39, 0.29) is 55.4 Å². The van der Waals surface area contributed by atoms with Crippen LogP contribution in [0.3, 0.4) is 0 Å². The molecular formula is C55H49ClF6N10O2S. The highest BCUT2D eigenvalue weighted by Crippen LogP contribution is 2.38. The Morgan fingerprint density at radius 2 is 1.20 bits per heavy atom. The first kappa shape index (κ1) is 51.4. The van der Waals surface area contributed by atoms with Gasteiger partial charge in [-0.2, -0.15) is 0 Å². The number of nitrogens with one attached hydrogen (secondary N) is 1. The van der Waals surface area contributed by atoms with Crippen molar-refractivity contribution in [3.8, 4) is 22.8 Å². The normalized spacial score (nSPS) is 18.0. The number of hydrogen-bond donors (Lipinski definition) is 1. The highest BCUT2D eigenvalue weighted by atomic mass is 35.5. The maximum Gasteiger partial charge on any atom is 0.268 e. The van der Waals surface area contributed by atoms with Gasteiger partial charge < -0.3 is 4.98 Å². The number of aromatic nitrogens is 10. The molecule has 0 unspecified atom stereocenters. The van der Waals surface area contributed by atoms with E-state index < -0.39 is 44.9 Å². The molecular weight excluding hydrogens is 1010 g/mol. The lowest BCUT2D eigenvalue weighted by Crippen LogP contribution is -2.20. The van der Waals surface area contributed by atoms with Gasteiger partial charge in [-0.1, -0.05) is 56.2 Å². The zero-order valence-corrected chi connectivity index (χ0v) is 42.1. The van der Waals surface area contributed by atoms with E-state index in [1.807, 2.05) is 19.1 Å². The molecule has 4 atom stereocenters. The molecule has 2 saturated carbocycles. The van der Waals surface area contributed by atoms with Gasteiger partial charge in [0.2, 0.25) is 5.28 Å². The number of rotatable bonds is 12. The second-order valence-corrected chi connectivity index (χ2v) is 21.7. The minimum Gasteiger partial charge on any atom is -0.358 e. The van der Waals surface area contributed by atoms with Crippen LogP contribution >= 0.6 is 11.6 Å². The summed E-state index contributed by atoms with van der Waals surface area (Å²) in [7, 11) is -4.27. The van der Waals surface area contributed by atoms with Gasteiger partial charge in [0, 0.05) is 70.2 Å². The fourth-order valence-corrected chi connectivity index (χ4v) is 12.3. The third-order valence-corrected chi connectivity index (χ3v) is 16.1. The molecule has 6 aromatic heterocycles. The van der Waals surface area contributed by atoms with Crippen molar-refractivity contribution >= 4 is 43.4 Å². The smallest absolute Gasteiger partial charge is 0.268 e. The van der Waals surface area contributed by atoms with Gasteiger partial charge in [-0.3, -0.25) is 0 Å². The summed E-state index contributed by atoms with van der Waals surface area (Å²) >= 11 is 5.94. The first-order chi connectivity index (χ1) is 36.1. The molecule has 0 radical (unpaired) electrons. The zero-order valence-electron chi connectivity index (χ0n) is 40.5. The zero-order chi connectivity index (χ0) is 52.4. The Morgan fingerprint density at radius 3 is 1.81 bits per heavy atom. The molecule has 0 spiro atoms. The van der Waals surface area contributed by atoms with E-state index in [1.165, 1.54) is 30.6 Å². The van der Waals surface area contributed by atoms with Gasteiger partial charge in [0.15, 0.2) is 29.1 Å². The lowest BCUT2D eigenvalue weighted by Gasteiger charge is -2.29. The van der Waals surface area contributed by atoms with Crippen molar-refractivity contribution in [3.63, 3.8) is 0 Å². The van der Waals surface area contributed by atoms with Crippen LogP contribution in [0.15, 0.2) is 109 Å². The maximum absolute atomic E-state index is 15.2. The van der Waals surface area contributed by atoms with Crippen LogP contribution in [-0.2, 0) is 35.7 Å². The Labute approximate surface area is 433 Å². The van der Waals surface area contributed by atoms with E-state index in [9.17, 15) is 26.0 Å². The van der Waals surface area contributed by atoms with Gasteiger partial charge in [0.25, 0.3) is 10.0 Å². The van der Waals surface area contributed by atoms with Crippen molar-refractivity contribution in [2.24, 2.45) is 23.7 Å². The van der Waals surface area contributed by atoms with E-state index in [2.05, 4.69) is 44.9 Å². The number of aromatic amines is 1. The molecule has 2 aliphatic rings. The van der Waals surface area contributed by atoms with Crippen LogP contribution < -0.4 is 0 Å². The predicted octanol–water partition coefficient (Wildman–Crippen LogP) is 12.5. The largest absolute Gasteiger partial charge is 0.358 e. The molecule has 2 fully saturated rings. The number of halogens is 7. The summed E-state index contributed by atoms with van der Waals surface area (Å²) in [5.41, 5.74) is 3.60. The Balaban J connectivity index is 0.000000178. The number of nitrogens with zero attached hydrogens (tertiary/aromatic N) is 9. The van der Waals surface area contributed by atoms with Crippen molar-refractivity contribution in [3.05, 3.63) is 173 Å². The number of benzene rings is 3. The van der Waals surface area contributed by atoms with E-state index in [1.54, 1.807) is 30.9 Å². The Bertz CT molecular complexity index is 3640. The third-order valence-electron chi connectivity index (χ3n) is 14.3. The average Bonchev–Trinajstić information content (AvgIpc) is 4.00. The van der Waals surface area contributed by atoms with Gasteiger partial charge in [-0.05, 0) is 117 Å². The van der Waals surface area contributed by atoms with Crippen molar-refractivity contribution in [2.75, 3.05) is 0 Å². The molecule has 0 bridgehead atoms. The minimum atomic E-state index is -4.27. The third kappa shape index (κ3) is 11.6. The first-order valence-electron chi connectivity index (χ1n) is 24.7. The van der Waals surface area contributed by atoms with Crippen LogP contribution in [0.5, 0.6) is 0 Å². The second kappa shape index (κ2) is 22.0. The molecule has 75 heavy (non-hydrogen) atoms. The molecule has 20 heteroatoms. The molecule has 1 N–H and O–H groups in total. The number of aryl methyl sites for hydroxylation is 1. The van der Waals surface area contributed by atoms with E-state index in [0.29, 0.717) is 53.3 Å². The molecule has 3 aromatic carbocycles. The summed E-state index contributed by atoms with van der Waals surface area (Å²) in [6.07, 6.45) is 20.2. The van der Waals surface area contributed by atoms with Crippen LogP contribution in [0.4, 0.5) is 26.3 Å². The van der Waals surface area contributed by atoms with Crippen LogP contribution in [0, 0.1) is 65.5 Å². The highest BCUT2D eigenvalue weighted by Gasteiger charge is 2.29. The van der Waals surface area contributed by atoms with Gasteiger partial charge in [-0.25, -0.2) is 78.6 Å². The summed E-state index contributed by atoms with van der Waals surface area (Å²) in [5.74, 6) is -2.85. The molecule has 11 rings (SSSR count). The van der Waals surface area contributed by atoms with E-state index >= 15 is 8.78 Å². The fraction of sp³-hybridized carbons (Fsp3) is 0.309. The summed E-state index contributed by atoms with van der Waals surface area (Å²) in [6, 6.07) is 13.6. The molecule has 2 aliphatic carbocycles. The maximum atomic E-state index is 15.2. The lowest BCUT2D eigenvalue weighted by molar-refractivity contribution is 0.259. The summed E-state index contributed by atoms with van der Waals surface area (Å²) in [6.45, 7) is 1.81. The molecule has 0 saturated heterocycles. The van der Waals surface area contributed by atoms with Crippen molar-refractivity contribution in [1.82, 2.24) is 48.8 Å².